The minimum Gasteiger partial charge on any atom is -0.459 e. The maximum Gasteiger partial charge on any atom is 0.194 e. The number of nitrogens with one attached hydrogen (secondary N) is 1. The number of likely N-dealkylation sites (tertiary alicyclic amines) is 1. The van der Waals surface area contributed by atoms with E-state index in [1.165, 1.54) is 0 Å². The molecule has 2 aromatic rings. The zero-order valence-electron chi connectivity index (χ0n) is 13.6. The van der Waals surface area contributed by atoms with Crippen LogP contribution in [0.4, 0.5) is 0 Å². The van der Waals surface area contributed by atoms with E-state index in [9.17, 15) is 5.11 Å². The van der Waals surface area contributed by atoms with Gasteiger partial charge in [0.05, 0.1) is 6.10 Å². The SMILES string of the molecule is CCNC(=NCc1oc2ccccc2c1C)N1CC[C@@H](O)C1.I. The van der Waals surface area contributed by atoms with Crippen molar-refractivity contribution in [1.29, 1.82) is 0 Å². The summed E-state index contributed by atoms with van der Waals surface area (Å²) in [6.07, 6.45) is 0.547. The van der Waals surface area contributed by atoms with Crippen molar-refractivity contribution in [3.8, 4) is 0 Å². The molecule has 0 spiro atoms. The summed E-state index contributed by atoms with van der Waals surface area (Å²) in [6.45, 7) is 6.93. The van der Waals surface area contributed by atoms with Crippen LogP contribution in [0, 0.1) is 6.92 Å². The summed E-state index contributed by atoms with van der Waals surface area (Å²) in [5.74, 6) is 1.75. The molecule has 5 nitrogen and oxygen atoms in total. The van der Waals surface area contributed by atoms with Crippen molar-refractivity contribution >= 4 is 40.9 Å². The molecule has 1 aliphatic rings. The molecule has 1 aliphatic heterocycles. The van der Waals surface area contributed by atoms with Gasteiger partial charge in [-0.05, 0) is 26.3 Å². The third-order valence-corrected chi connectivity index (χ3v) is 4.11. The average Bonchev–Trinajstić information content (AvgIpc) is 3.08. The van der Waals surface area contributed by atoms with Crippen LogP contribution in [0.1, 0.15) is 24.7 Å². The Morgan fingerprint density at radius 3 is 2.87 bits per heavy atom. The van der Waals surface area contributed by atoms with Crippen LogP contribution < -0.4 is 5.32 Å². The standard InChI is InChI=1S/C17H23N3O2.HI/c1-3-18-17(20-9-8-13(21)11-20)19-10-16-12(2)14-6-4-5-7-15(14)22-16;/h4-7,13,21H,3,8-11H2,1-2H3,(H,18,19);1H/t13-;/m1./s1. The molecule has 23 heavy (non-hydrogen) atoms. The van der Waals surface area contributed by atoms with Gasteiger partial charge in [0.2, 0.25) is 0 Å². The van der Waals surface area contributed by atoms with Crippen LogP contribution in [-0.2, 0) is 6.54 Å². The molecule has 126 valence electrons. The molecule has 3 rings (SSSR count). The zero-order valence-corrected chi connectivity index (χ0v) is 15.9. The van der Waals surface area contributed by atoms with Crippen LogP contribution in [0.3, 0.4) is 0 Å². The van der Waals surface area contributed by atoms with Crippen LogP contribution in [0.5, 0.6) is 0 Å². The Kier molecular flexibility index (Phi) is 6.29. The second-order valence-corrected chi connectivity index (χ2v) is 5.71. The first-order valence-electron chi connectivity index (χ1n) is 7.87. The number of furan rings is 1. The van der Waals surface area contributed by atoms with Gasteiger partial charge in [0.1, 0.15) is 17.9 Å². The van der Waals surface area contributed by atoms with Crippen LogP contribution in [0.15, 0.2) is 33.7 Å². The van der Waals surface area contributed by atoms with Crippen molar-refractivity contribution in [3.05, 3.63) is 35.6 Å². The maximum absolute atomic E-state index is 9.70. The Hall–Kier alpha value is -1.28. The lowest BCUT2D eigenvalue weighted by molar-refractivity contribution is 0.188. The van der Waals surface area contributed by atoms with E-state index in [2.05, 4.69) is 35.1 Å². The van der Waals surface area contributed by atoms with E-state index in [1.807, 2.05) is 18.2 Å². The number of aryl methyl sites for hydroxylation is 1. The zero-order chi connectivity index (χ0) is 15.5. The largest absolute Gasteiger partial charge is 0.459 e. The third kappa shape index (κ3) is 3.98. The van der Waals surface area contributed by atoms with Gasteiger partial charge < -0.3 is 19.7 Å². The number of rotatable bonds is 3. The number of hydrogen-bond donors (Lipinski definition) is 2. The quantitative estimate of drug-likeness (QED) is 0.448. The third-order valence-electron chi connectivity index (χ3n) is 4.11. The Morgan fingerprint density at radius 1 is 1.43 bits per heavy atom. The predicted molar refractivity (Wildman–Crippen MR) is 103 cm³/mol. The number of benzene rings is 1. The Labute approximate surface area is 153 Å². The number of hydrogen-bond acceptors (Lipinski definition) is 3. The first kappa shape index (κ1) is 18.1. The highest BCUT2D eigenvalue weighted by Crippen LogP contribution is 2.25. The van der Waals surface area contributed by atoms with Crippen molar-refractivity contribution < 1.29 is 9.52 Å². The van der Waals surface area contributed by atoms with Crippen molar-refractivity contribution in [2.45, 2.75) is 32.9 Å². The summed E-state index contributed by atoms with van der Waals surface area (Å²) >= 11 is 0. The first-order valence-corrected chi connectivity index (χ1v) is 7.87. The molecule has 0 saturated carbocycles. The highest BCUT2D eigenvalue weighted by Gasteiger charge is 2.23. The molecule has 1 aromatic heterocycles. The van der Waals surface area contributed by atoms with Gasteiger partial charge in [0.25, 0.3) is 0 Å². The molecular formula is C17H24IN3O2. The molecule has 1 atom stereocenters. The topological polar surface area (TPSA) is 61.0 Å². The minimum absolute atomic E-state index is 0. The van der Waals surface area contributed by atoms with E-state index in [0.717, 1.165) is 47.8 Å². The van der Waals surface area contributed by atoms with E-state index in [4.69, 9.17) is 4.42 Å². The maximum atomic E-state index is 9.70. The van der Waals surface area contributed by atoms with Gasteiger partial charge in [-0.15, -0.1) is 24.0 Å². The predicted octanol–water partition coefficient (Wildman–Crippen LogP) is 2.89. The highest BCUT2D eigenvalue weighted by molar-refractivity contribution is 14.0. The molecule has 0 unspecified atom stereocenters. The first-order chi connectivity index (χ1) is 10.7. The fourth-order valence-corrected chi connectivity index (χ4v) is 2.88. The van der Waals surface area contributed by atoms with E-state index in [1.54, 1.807) is 0 Å². The molecule has 6 heteroatoms. The molecular weight excluding hydrogens is 405 g/mol. The monoisotopic (exact) mass is 429 g/mol. The molecule has 2 N–H and O–H groups in total. The van der Waals surface area contributed by atoms with Gasteiger partial charge in [0.15, 0.2) is 5.96 Å². The molecule has 2 heterocycles. The van der Waals surface area contributed by atoms with Gasteiger partial charge in [-0.25, -0.2) is 4.99 Å². The van der Waals surface area contributed by atoms with Crippen molar-refractivity contribution in [3.63, 3.8) is 0 Å². The molecule has 0 amide bonds. The van der Waals surface area contributed by atoms with E-state index >= 15 is 0 Å². The summed E-state index contributed by atoms with van der Waals surface area (Å²) in [4.78, 5) is 6.79. The van der Waals surface area contributed by atoms with E-state index in [0.29, 0.717) is 13.1 Å². The molecule has 1 fully saturated rings. The fourth-order valence-electron chi connectivity index (χ4n) is 2.88. The van der Waals surface area contributed by atoms with Crippen LogP contribution >= 0.6 is 24.0 Å². The van der Waals surface area contributed by atoms with Gasteiger partial charge in [0, 0.05) is 30.6 Å². The summed E-state index contributed by atoms with van der Waals surface area (Å²) in [7, 11) is 0. The number of β-amino-alcohol motifs (C(OH)–C–C–N with tert-alkyl or cyclic N) is 1. The number of nitrogens with zero attached hydrogens (tertiary/aromatic N) is 2. The number of guanidine groups is 1. The van der Waals surface area contributed by atoms with Crippen LogP contribution in [-0.4, -0.2) is 41.7 Å². The number of aliphatic imine (C=N–C) groups is 1. The van der Waals surface area contributed by atoms with Crippen molar-refractivity contribution in [1.82, 2.24) is 10.2 Å². The van der Waals surface area contributed by atoms with E-state index in [-0.39, 0.29) is 30.1 Å². The van der Waals surface area contributed by atoms with E-state index < -0.39 is 0 Å². The Bertz CT molecular complexity index is 684. The lowest BCUT2D eigenvalue weighted by Crippen LogP contribution is -2.40. The molecule has 0 radical (unpaired) electrons. The van der Waals surface area contributed by atoms with Crippen LogP contribution in [0.25, 0.3) is 11.0 Å². The minimum atomic E-state index is -0.253. The normalized spacial score (nSPS) is 18.3. The number of halogens is 1. The van der Waals surface area contributed by atoms with Crippen molar-refractivity contribution in [2.75, 3.05) is 19.6 Å². The highest BCUT2D eigenvalue weighted by atomic mass is 127. The smallest absolute Gasteiger partial charge is 0.194 e. The lowest BCUT2D eigenvalue weighted by Gasteiger charge is -2.20. The second kappa shape index (κ2) is 8.01. The van der Waals surface area contributed by atoms with Crippen molar-refractivity contribution in [2.24, 2.45) is 4.99 Å². The molecule has 1 saturated heterocycles. The van der Waals surface area contributed by atoms with Crippen LogP contribution in [0.2, 0.25) is 0 Å². The Balaban J connectivity index is 0.00000192. The molecule has 0 aliphatic carbocycles. The summed E-state index contributed by atoms with van der Waals surface area (Å²) < 4.78 is 5.91. The number of aliphatic hydroxyl groups excluding tert-OH is 1. The summed E-state index contributed by atoms with van der Waals surface area (Å²) in [5.41, 5.74) is 2.06. The fraction of sp³-hybridized carbons (Fsp3) is 0.471. The van der Waals surface area contributed by atoms with Gasteiger partial charge >= 0.3 is 0 Å². The lowest BCUT2D eigenvalue weighted by atomic mass is 10.1. The van der Waals surface area contributed by atoms with Gasteiger partial charge in [-0.2, -0.15) is 0 Å². The number of aliphatic hydroxyl groups is 1. The second-order valence-electron chi connectivity index (χ2n) is 5.71. The Morgan fingerprint density at radius 2 is 2.22 bits per heavy atom. The summed E-state index contributed by atoms with van der Waals surface area (Å²) in [6, 6.07) is 8.06. The van der Waals surface area contributed by atoms with Gasteiger partial charge in [-0.1, -0.05) is 18.2 Å². The summed E-state index contributed by atoms with van der Waals surface area (Å²) in [5, 5.41) is 14.1. The average molecular weight is 429 g/mol. The molecule has 1 aromatic carbocycles. The van der Waals surface area contributed by atoms with Gasteiger partial charge in [-0.3, -0.25) is 0 Å². The number of fused-ring (bicyclic) bond motifs is 1. The number of para-hydroxylation sites is 1. The molecule has 0 bridgehead atoms.